The van der Waals surface area contributed by atoms with Gasteiger partial charge in [0.25, 0.3) is 0 Å². The molecule has 154 valence electrons. The van der Waals surface area contributed by atoms with Crippen LogP contribution in [0.25, 0.3) is 6.08 Å². The molecule has 0 unspecified atom stereocenters. The van der Waals surface area contributed by atoms with Gasteiger partial charge in [0.1, 0.15) is 17.3 Å². The fraction of sp³-hybridized carbons (Fsp3) is 0.231. The third-order valence-corrected chi connectivity index (χ3v) is 4.36. The summed E-state index contributed by atoms with van der Waals surface area (Å²) in [7, 11) is 0. The van der Waals surface area contributed by atoms with E-state index in [2.05, 4.69) is 63.6 Å². The van der Waals surface area contributed by atoms with Gasteiger partial charge in [-0.3, -0.25) is 0 Å². The van der Waals surface area contributed by atoms with Gasteiger partial charge in [0.15, 0.2) is 0 Å². The Labute approximate surface area is 175 Å². The van der Waals surface area contributed by atoms with Crippen molar-refractivity contribution in [1.29, 1.82) is 0 Å². The van der Waals surface area contributed by atoms with Gasteiger partial charge in [0.05, 0.1) is 0 Å². The second kappa shape index (κ2) is 11.7. The molecule has 0 aliphatic rings. The number of aromatic nitrogens is 1. The first-order valence-electron chi connectivity index (χ1n) is 9.62. The summed E-state index contributed by atoms with van der Waals surface area (Å²) in [6, 6.07) is 0. The van der Waals surface area contributed by atoms with E-state index in [0.29, 0.717) is 5.76 Å². The molecule has 0 saturated heterocycles. The first-order valence-corrected chi connectivity index (χ1v) is 9.62. The molecule has 1 aromatic rings. The Morgan fingerprint density at radius 3 is 2.28 bits per heavy atom. The number of halogens is 1. The smallest absolute Gasteiger partial charge is 0.120 e. The van der Waals surface area contributed by atoms with Crippen LogP contribution in [-0.2, 0) is 17.7 Å². The fourth-order valence-electron chi connectivity index (χ4n) is 2.78. The van der Waals surface area contributed by atoms with Crippen molar-refractivity contribution in [3.05, 3.63) is 115 Å². The molecule has 3 heteroatoms. The molecule has 0 aliphatic carbocycles. The summed E-state index contributed by atoms with van der Waals surface area (Å²) in [5.41, 5.74) is 5.60. The molecule has 0 fully saturated rings. The van der Waals surface area contributed by atoms with Crippen LogP contribution in [0.1, 0.15) is 37.1 Å². The number of rotatable bonds is 12. The minimum absolute atomic E-state index is 0.276. The third kappa shape index (κ3) is 7.82. The lowest BCUT2D eigenvalue weighted by molar-refractivity contribution is 0.340. The Hall–Kier alpha value is -3.07. The first kappa shape index (κ1) is 24.0. The van der Waals surface area contributed by atoms with E-state index in [0.717, 1.165) is 30.5 Å². The van der Waals surface area contributed by atoms with Gasteiger partial charge in [-0.25, -0.2) is 4.39 Å². The van der Waals surface area contributed by atoms with Crippen molar-refractivity contribution in [3.63, 3.8) is 0 Å². The van der Waals surface area contributed by atoms with Crippen LogP contribution in [0, 0.1) is 6.92 Å². The lowest BCUT2D eigenvalue weighted by atomic mass is 10.0. The Morgan fingerprint density at radius 2 is 1.72 bits per heavy atom. The normalized spacial score (nSPS) is 11.8. The Bertz CT molecular complexity index is 890. The zero-order valence-electron chi connectivity index (χ0n) is 17.9. The maximum Gasteiger partial charge on any atom is 0.120 e. The Balaban J connectivity index is 2.92. The average molecular weight is 394 g/mol. The third-order valence-electron chi connectivity index (χ3n) is 4.36. The number of hydrogen-bond donors (Lipinski definition) is 0. The van der Waals surface area contributed by atoms with Crippen molar-refractivity contribution in [1.82, 2.24) is 4.57 Å². The summed E-state index contributed by atoms with van der Waals surface area (Å²) in [6.45, 7) is 26.0. The number of allylic oxidation sites excluding steroid dienone is 8. The molecule has 1 rings (SSSR count). The van der Waals surface area contributed by atoms with Crippen molar-refractivity contribution >= 4 is 6.08 Å². The molecule has 2 nitrogen and oxygen atoms in total. The van der Waals surface area contributed by atoms with Crippen molar-refractivity contribution in [2.24, 2.45) is 0 Å². The van der Waals surface area contributed by atoms with Gasteiger partial charge in [0, 0.05) is 18.4 Å². The molecular weight excluding hydrogens is 361 g/mol. The molecule has 0 saturated carbocycles. The van der Waals surface area contributed by atoms with Crippen molar-refractivity contribution in [3.8, 4) is 0 Å². The van der Waals surface area contributed by atoms with E-state index in [-0.39, 0.29) is 5.76 Å². The molecule has 1 heterocycles. The molecule has 0 spiro atoms. The molecule has 0 atom stereocenters. The lowest BCUT2D eigenvalue weighted by Crippen LogP contribution is -1.97. The Kier molecular flexibility index (Phi) is 9.67. The van der Waals surface area contributed by atoms with E-state index < -0.39 is 5.83 Å². The van der Waals surface area contributed by atoms with Crippen LogP contribution in [0.4, 0.5) is 4.39 Å². The van der Waals surface area contributed by atoms with Gasteiger partial charge in [-0.05, 0) is 73.3 Å². The highest BCUT2D eigenvalue weighted by atomic mass is 19.1. The van der Waals surface area contributed by atoms with Crippen LogP contribution in [0.15, 0.2) is 98.0 Å². The molecule has 29 heavy (non-hydrogen) atoms. The molecular formula is C26H32FNO. The lowest BCUT2D eigenvalue weighted by Gasteiger charge is -2.07. The van der Waals surface area contributed by atoms with E-state index in [9.17, 15) is 4.39 Å². The van der Waals surface area contributed by atoms with E-state index in [1.165, 1.54) is 29.0 Å². The SMILES string of the molecule is C=CCc1cn(CCC)c(C)c1C=C(C)C(=C)C=CC(=C)OC(=C)C=CC(=C)F. The number of hydrogen-bond acceptors (Lipinski definition) is 1. The zero-order valence-corrected chi connectivity index (χ0v) is 17.9. The minimum Gasteiger partial charge on any atom is -0.459 e. The predicted molar refractivity (Wildman–Crippen MR) is 124 cm³/mol. The first-order chi connectivity index (χ1) is 13.7. The standard InChI is InChI=1S/C26H32FNO/c1-9-11-25-18-28(16-10-2)24(8)26(25)17-20(4)19(3)12-14-22(6)29-23(7)15-13-21(5)27/h9,12-15,17-18H,1,3,5-7,10-11,16H2,2,4,8H3. The van der Waals surface area contributed by atoms with Crippen LogP contribution in [0.3, 0.4) is 0 Å². The van der Waals surface area contributed by atoms with Gasteiger partial charge in [-0.1, -0.05) is 45.4 Å². The second-order valence-corrected chi connectivity index (χ2v) is 6.84. The van der Waals surface area contributed by atoms with E-state index >= 15 is 0 Å². The highest BCUT2D eigenvalue weighted by Gasteiger charge is 2.10. The second-order valence-electron chi connectivity index (χ2n) is 6.84. The molecule has 0 bridgehead atoms. The van der Waals surface area contributed by atoms with E-state index in [1.807, 2.05) is 19.1 Å². The molecule has 0 radical (unpaired) electrons. The average Bonchev–Trinajstić information content (AvgIpc) is 2.94. The van der Waals surface area contributed by atoms with E-state index in [1.54, 1.807) is 6.08 Å². The molecule has 0 N–H and O–H groups in total. The van der Waals surface area contributed by atoms with Crippen LogP contribution < -0.4 is 0 Å². The van der Waals surface area contributed by atoms with Crippen LogP contribution in [-0.4, -0.2) is 4.57 Å². The van der Waals surface area contributed by atoms with Crippen LogP contribution in [0.2, 0.25) is 0 Å². The van der Waals surface area contributed by atoms with Crippen molar-refractivity contribution < 1.29 is 9.13 Å². The maximum absolute atomic E-state index is 12.6. The highest BCUT2D eigenvalue weighted by Crippen LogP contribution is 2.24. The molecule has 0 aliphatic heterocycles. The van der Waals surface area contributed by atoms with Gasteiger partial charge < -0.3 is 9.30 Å². The molecule has 0 aromatic carbocycles. The summed E-state index contributed by atoms with van der Waals surface area (Å²) >= 11 is 0. The fourth-order valence-corrected chi connectivity index (χ4v) is 2.78. The summed E-state index contributed by atoms with van der Waals surface area (Å²) < 4.78 is 20.3. The predicted octanol–water partition coefficient (Wildman–Crippen LogP) is 7.53. The van der Waals surface area contributed by atoms with Crippen molar-refractivity contribution in [2.75, 3.05) is 0 Å². The highest BCUT2D eigenvalue weighted by molar-refractivity contribution is 5.64. The largest absolute Gasteiger partial charge is 0.459 e. The quantitative estimate of drug-likeness (QED) is 0.203. The molecule has 0 amide bonds. The summed E-state index contributed by atoms with van der Waals surface area (Å²) in [4.78, 5) is 0. The van der Waals surface area contributed by atoms with E-state index in [4.69, 9.17) is 4.74 Å². The van der Waals surface area contributed by atoms with Gasteiger partial charge in [0.2, 0.25) is 0 Å². The number of aryl methyl sites for hydroxylation is 1. The van der Waals surface area contributed by atoms with Gasteiger partial charge in [-0.2, -0.15) is 0 Å². The zero-order chi connectivity index (χ0) is 22.0. The van der Waals surface area contributed by atoms with Gasteiger partial charge >= 0.3 is 0 Å². The van der Waals surface area contributed by atoms with Crippen LogP contribution in [0.5, 0.6) is 0 Å². The summed E-state index contributed by atoms with van der Waals surface area (Å²) in [5, 5.41) is 0. The summed E-state index contributed by atoms with van der Waals surface area (Å²) in [5.74, 6) is 0.0953. The monoisotopic (exact) mass is 393 g/mol. The number of ether oxygens (including phenoxy) is 1. The minimum atomic E-state index is -0.566. The van der Waals surface area contributed by atoms with Crippen LogP contribution >= 0.6 is 0 Å². The summed E-state index contributed by atoms with van der Waals surface area (Å²) in [6.07, 6.45) is 14.3. The number of nitrogens with zero attached hydrogens (tertiary/aromatic N) is 1. The molecule has 1 aromatic heterocycles. The Morgan fingerprint density at radius 1 is 1.10 bits per heavy atom. The maximum atomic E-state index is 12.6. The topological polar surface area (TPSA) is 14.2 Å². The van der Waals surface area contributed by atoms with Gasteiger partial charge in [-0.15, -0.1) is 6.58 Å². The van der Waals surface area contributed by atoms with Crippen molar-refractivity contribution in [2.45, 2.75) is 40.2 Å².